The van der Waals surface area contributed by atoms with Gasteiger partial charge in [0.1, 0.15) is 0 Å². The van der Waals surface area contributed by atoms with Gasteiger partial charge in [-0.2, -0.15) is 0 Å². The highest BCUT2D eigenvalue weighted by molar-refractivity contribution is 6.83. The molecule has 1 unspecified atom stereocenters. The fourth-order valence-electron chi connectivity index (χ4n) is 6.31. The molecule has 0 aromatic heterocycles. The van der Waals surface area contributed by atoms with Crippen LogP contribution in [-0.2, 0) is 9.47 Å². The van der Waals surface area contributed by atoms with E-state index in [0.717, 1.165) is 35.8 Å². The smallest absolute Gasteiger partial charge is 0.0645 e. The van der Waals surface area contributed by atoms with Gasteiger partial charge in [-0.25, -0.2) is 0 Å². The van der Waals surface area contributed by atoms with Gasteiger partial charge in [-0.3, -0.25) is 0 Å². The second-order valence-electron chi connectivity index (χ2n) is 10.0. The van der Waals surface area contributed by atoms with Crippen molar-refractivity contribution in [2.45, 2.75) is 103 Å². The minimum Gasteiger partial charge on any atom is -0.384 e. The highest BCUT2D eigenvalue weighted by atomic mass is 28.3. The molecule has 1 aliphatic carbocycles. The Morgan fingerprint density at radius 1 is 0.963 bits per heavy atom. The number of rotatable bonds is 13. The Bertz CT molecular complexity index is 391. The van der Waals surface area contributed by atoms with Gasteiger partial charge in [0.05, 0.1) is 27.9 Å². The van der Waals surface area contributed by atoms with E-state index in [4.69, 9.17) is 9.47 Å². The van der Waals surface area contributed by atoms with E-state index < -0.39 is 8.07 Å². The fraction of sp³-hybridized carbons (Fsp3) is 0.917. The summed E-state index contributed by atoms with van der Waals surface area (Å²) in [7, 11) is 0.469. The number of ether oxygens (including phenoxy) is 2. The van der Waals surface area contributed by atoms with Crippen LogP contribution in [0.1, 0.15) is 80.1 Å². The van der Waals surface area contributed by atoms with Gasteiger partial charge in [-0.1, -0.05) is 89.5 Å². The Balaban J connectivity index is 3.13. The van der Waals surface area contributed by atoms with Crippen molar-refractivity contribution in [3.05, 3.63) is 12.7 Å². The van der Waals surface area contributed by atoms with Gasteiger partial charge in [-0.15, -0.1) is 6.58 Å². The van der Waals surface area contributed by atoms with Crippen LogP contribution in [0.15, 0.2) is 12.7 Å². The van der Waals surface area contributed by atoms with Gasteiger partial charge in [-0.05, 0) is 25.2 Å². The van der Waals surface area contributed by atoms with Crippen LogP contribution in [-0.4, -0.2) is 35.0 Å². The number of methoxy groups -OCH3 is 1. The fourth-order valence-corrected chi connectivity index (χ4v) is 13.0. The number of hydrogen-bond donors (Lipinski definition) is 0. The van der Waals surface area contributed by atoms with Crippen molar-refractivity contribution in [2.24, 2.45) is 11.3 Å². The topological polar surface area (TPSA) is 18.5 Å². The van der Waals surface area contributed by atoms with E-state index in [1.54, 1.807) is 0 Å². The van der Waals surface area contributed by atoms with E-state index in [2.05, 4.69) is 48.1 Å². The van der Waals surface area contributed by atoms with Crippen LogP contribution in [0.4, 0.5) is 0 Å². The molecule has 160 valence electrons. The zero-order valence-corrected chi connectivity index (χ0v) is 20.5. The van der Waals surface area contributed by atoms with E-state index in [-0.39, 0.29) is 5.41 Å². The number of hydrogen-bond acceptors (Lipinski definition) is 2. The third-order valence-corrected chi connectivity index (χ3v) is 15.4. The van der Waals surface area contributed by atoms with Crippen LogP contribution in [0.25, 0.3) is 0 Å². The average molecular weight is 397 g/mol. The van der Waals surface area contributed by atoms with Gasteiger partial charge in [0, 0.05) is 12.5 Å². The summed E-state index contributed by atoms with van der Waals surface area (Å²) in [6.45, 7) is 21.1. The van der Waals surface area contributed by atoms with Gasteiger partial charge in [0.15, 0.2) is 0 Å². The highest BCUT2D eigenvalue weighted by Gasteiger charge is 2.46. The maximum atomic E-state index is 6.12. The molecular formula is C24H48O2Si. The lowest BCUT2D eigenvalue weighted by Crippen LogP contribution is -2.48. The Kier molecular flexibility index (Phi) is 10.9. The van der Waals surface area contributed by atoms with E-state index in [1.807, 2.05) is 13.2 Å². The first-order valence-electron chi connectivity index (χ1n) is 11.4. The second kappa shape index (κ2) is 11.8. The van der Waals surface area contributed by atoms with Crippen molar-refractivity contribution >= 4 is 8.07 Å². The molecule has 1 atom stereocenters. The standard InChI is InChI=1S/C24H48O2Si/c1-9-16-26-19-24(18-25-8,23-13-11-10-12-14-23)15-17-27(20(2)3,21(4)5)22(6)7/h9,20-23H,1,10-19H2,2-8H3. The molecule has 0 spiro atoms. The van der Waals surface area contributed by atoms with Crippen molar-refractivity contribution in [3.8, 4) is 0 Å². The molecule has 0 aromatic rings. The van der Waals surface area contributed by atoms with Crippen molar-refractivity contribution in [3.63, 3.8) is 0 Å². The Morgan fingerprint density at radius 3 is 1.96 bits per heavy atom. The van der Waals surface area contributed by atoms with Crippen LogP contribution >= 0.6 is 0 Å². The maximum absolute atomic E-state index is 6.12. The molecule has 1 fully saturated rings. The monoisotopic (exact) mass is 396 g/mol. The molecule has 0 amide bonds. The third kappa shape index (κ3) is 6.18. The van der Waals surface area contributed by atoms with Crippen molar-refractivity contribution in [1.82, 2.24) is 0 Å². The second-order valence-corrected chi connectivity index (χ2v) is 16.2. The van der Waals surface area contributed by atoms with E-state index in [1.165, 1.54) is 44.6 Å². The summed E-state index contributed by atoms with van der Waals surface area (Å²) < 4.78 is 12.0. The summed E-state index contributed by atoms with van der Waals surface area (Å²) in [5, 5.41) is 0. The molecule has 0 bridgehead atoms. The molecular weight excluding hydrogens is 348 g/mol. The molecule has 3 heteroatoms. The average Bonchev–Trinajstić information content (AvgIpc) is 2.62. The van der Waals surface area contributed by atoms with Gasteiger partial charge < -0.3 is 9.47 Å². The van der Waals surface area contributed by atoms with Gasteiger partial charge >= 0.3 is 0 Å². The highest BCUT2D eigenvalue weighted by Crippen LogP contribution is 2.50. The van der Waals surface area contributed by atoms with Crippen LogP contribution in [0.2, 0.25) is 22.7 Å². The molecule has 2 nitrogen and oxygen atoms in total. The van der Waals surface area contributed by atoms with E-state index in [9.17, 15) is 0 Å². The lowest BCUT2D eigenvalue weighted by Gasteiger charge is -2.48. The zero-order valence-electron chi connectivity index (χ0n) is 19.5. The summed E-state index contributed by atoms with van der Waals surface area (Å²) in [5.74, 6) is 0.745. The van der Waals surface area contributed by atoms with Gasteiger partial charge in [0.2, 0.25) is 0 Å². The Labute approximate surface area is 171 Å². The van der Waals surface area contributed by atoms with Crippen LogP contribution < -0.4 is 0 Å². The molecule has 0 radical (unpaired) electrons. The quantitative estimate of drug-likeness (QED) is 0.182. The first-order valence-corrected chi connectivity index (χ1v) is 13.9. The summed E-state index contributed by atoms with van der Waals surface area (Å²) in [4.78, 5) is 0. The van der Waals surface area contributed by atoms with Crippen LogP contribution in [0.5, 0.6) is 0 Å². The minimum atomic E-state index is -1.41. The van der Waals surface area contributed by atoms with E-state index >= 15 is 0 Å². The van der Waals surface area contributed by atoms with Crippen molar-refractivity contribution < 1.29 is 9.47 Å². The van der Waals surface area contributed by atoms with Crippen molar-refractivity contribution in [2.75, 3.05) is 26.9 Å². The molecule has 1 aliphatic rings. The normalized spacial score (nSPS) is 19.0. The first-order chi connectivity index (χ1) is 12.8. The third-order valence-electron chi connectivity index (χ3n) is 7.81. The minimum absolute atomic E-state index is 0.176. The summed E-state index contributed by atoms with van der Waals surface area (Å²) in [5.41, 5.74) is 2.63. The largest absolute Gasteiger partial charge is 0.384 e. The zero-order chi connectivity index (χ0) is 20.5. The molecule has 0 aliphatic heterocycles. The summed E-state index contributed by atoms with van der Waals surface area (Å²) in [6.07, 6.45) is 9.99. The van der Waals surface area contributed by atoms with Crippen LogP contribution in [0, 0.1) is 11.3 Å². The lowest BCUT2D eigenvalue weighted by molar-refractivity contribution is -0.0507. The predicted molar refractivity (Wildman–Crippen MR) is 122 cm³/mol. The molecule has 1 saturated carbocycles. The van der Waals surface area contributed by atoms with Gasteiger partial charge in [0.25, 0.3) is 0 Å². The molecule has 0 heterocycles. The molecule has 1 rings (SSSR count). The first kappa shape index (κ1) is 24.9. The van der Waals surface area contributed by atoms with Crippen LogP contribution in [0.3, 0.4) is 0 Å². The summed E-state index contributed by atoms with van der Waals surface area (Å²) >= 11 is 0. The Hall–Kier alpha value is -0.123. The van der Waals surface area contributed by atoms with E-state index in [0.29, 0.717) is 6.61 Å². The molecule has 27 heavy (non-hydrogen) atoms. The SMILES string of the molecule is C=CCOCC(CC[Si](C(C)C)(C(C)C)C(C)C)(COC)C1CCCCC1. The Morgan fingerprint density at radius 2 is 1.52 bits per heavy atom. The summed E-state index contributed by atoms with van der Waals surface area (Å²) in [6, 6.07) is 1.40. The molecule has 0 N–H and O–H groups in total. The van der Waals surface area contributed by atoms with Crippen molar-refractivity contribution in [1.29, 1.82) is 0 Å². The molecule has 0 aromatic carbocycles. The maximum Gasteiger partial charge on any atom is 0.0645 e. The predicted octanol–water partition coefficient (Wildman–Crippen LogP) is 7.47. The molecule has 0 saturated heterocycles. The lowest BCUT2D eigenvalue weighted by atomic mass is 9.68.